The average molecular weight is 224 g/mol. The Bertz CT molecular complexity index is 328. The second-order valence-electron chi connectivity index (χ2n) is 4.68. The van der Waals surface area contributed by atoms with E-state index in [1.54, 1.807) is 11.3 Å². The lowest BCUT2D eigenvalue weighted by molar-refractivity contribution is 0.353. The molecule has 15 heavy (non-hydrogen) atoms. The van der Waals surface area contributed by atoms with Crippen molar-refractivity contribution >= 4 is 11.3 Å². The maximum atomic E-state index is 4.57. The van der Waals surface area contributed by atoms with Crippen molar-refractivity contribution in [3.05, 3.63) is 16.1 Å². The van der Waals surface area contributed by atoms with Crippen LogP contribution in [0.1, 0.15) is 37.4 Å². The van der Waals surface area contributed by atoms with Crippen molar-refractivity contribution in [3.8, 4) is 0 Å². The van der Waals surface area contributed by atoms with Crippen LogP contribution in [0.25, 0.3) is 0 Å². The van der Waals surface area contributed by atoms with Crippen molar-refractivity contribution in [3.63, 3.8) is 0 Å². The van der Waals surface area contributed by atoms with Gasteiger partial charge in [-0.2, -0.15) is 0 Å². The highest BCUT2D eigenvalue weighted by Gasteiger charge is 2.47. The van der Waals surface area contributed by atoms with Gasteiger partial charge in [0.1, 0.15) is 0 Å². The summed E-state index contributed by atoms with van der Waals surface area (Å²) in [6.45, 7) is 7.65. The molecule has 84 valence electrons. The van der Waals surface area contributed by atoms with E-state index in [2.05, 4.69) is 36.5 Å². The van der Waals surface area contributed by atoms with Crippen molar-refractivity contribution in [1.29, 1.82) is 0 Å². The summed E-state index contributed by atoms with van der Waals surface area (Å²) in [6.07, 6.45) is 3.88. The zero-order valence-corrected chi connectivity index (χ0v) is 10.7. The van der Waals surface area contributed by atoms with Gasteiger partial charge in [-0.15, -0.1) is 11.3 Å². The van der Waals surface area contributed by atoms with E-state index in [9.17, 15) is 0 Å². The van der Waals surface area contributed by atoms with E-state index in [0.717, 1.165) is 13.0 Å². The van der Waals surface area contributed by atoms with Crippen LogP contribution in [0.5, 0.6) is 0 Å². The van der Waals surface area contributed by atoms with Crippen LogP contribution in [0.4, 0.5) is 0 Å². The number of nitrogens with zero attached hydrogens (tertiary/aromatic N) is 1. The molecule has 0 bridgehead atoms. The fourth-order valence-electron chi connectivity index (χ4n) is 2.30. The lowest BCUT2D eigenvalue weighted by Crippen LogP contribution is -2.36. The molecular formula is C12H20N2S. The number of rotatable bonds is 5. The lowest BCUT2D eigenvalue weighted by Gasteiger charge is -2.23. The summed E-state index contributed by atoms with van der Waals surface area (Å²) in [7, 11) is 0. The molecule has 1 heterocycles. The fourth-order valence-corrected chi connectivity index (χ4v) is 2.91. The smallest absolute Gasteiger partial charge is 0.0897 e. The molecule has 1 unspecified atom stereocenters. The minimum atomic E-state index is 0.510. The number of aromatic nitrogens is 1. The predicted molar refractivity (Wildman–Crippen MR) is 65.4 cm³/mol. The molecular weight excluding hydrogens is 204 g/mol. The summed E-state index contributed by atoms with van der Waals surface area (Å²) in [4.78, 5) is 4.57. The summed E-state index contributed by atoms with van der Waals surface area (Å²) in [5, 5.41) is 6.96. The number of thiazole rings is 1. The zero-order valence-electron chi connectivity index (χ0n) is 9.84. The number of nitrogens with one attached hydrogen (secondary N) is 1. The Kier molecular flexibility index (Phi) is 3.12. The normalized spacial score (nSPS) is 20.2. The summed E-state index contributed by atoms with van der Waals surface area (Å²) in [6, 6.07) is 0.629. The molecule has 1 fully saturated rings. The van der Waals surface area contributed by atoms with Crippen LogP contribution in [0.2, 0.25) is 0 Å². The average Bonchev–Trinajstić information content (AvgIpc) is 2.86. The van der Waals surface area contributed by atoms with Crippen LogP contribution < -0.4 is 5.32 Å². The molecule has 0 saturated heterocycles. The molecule has 0 aromatic carbocycles. The van der Waals surface area contributed by atoms with E-state index in [-0.39, 0.29) is 0 Å². The predicted octanol–water partition coefficient (Wildman–Crippen LogP) is 2.77. The van der Waals surface area contributed by atoms with Crippen LogP contribution in [0.3, 0.4) is 0 Å². The summed E-state index contributed by atoms with van der Waals surface area (Å²) < 4.78 is 0. The van der Waals surface area contributed by atoms with Crippen molar-refractivity contribution < 1.29 is 0 Å². The van der Waals surface area contributed by atoms with E-state index in [1.165, 1.54) is 23.5 Å². The third kappa shape index (κ3) is 2.40. The number of aryl methyl sites for hydroxylation is 1. The number of hydrogen-bond acceptors (Lipinski definition) is 3. The summed E-state index contributed by atoms with van der Waals surface area (Å²) >= 11 is 1.77. The van der Waals surface area contributed by atoms with Crippen LogP contribution in [-0.4, -0.2) is 17.6 Å². The first-order chi connectivity index (χ1) is 7.16. The third-order valence-electron chi connectivity index (χ3n) is 3.52. The van der Waals surface area contributed by atoms with Crippen molar-refractivity contribution in [1.82, 2.24) is 10.3 Å². The standard InChI is InChI=1S/C12H20N2S/c1-4-13-9(2)12(5-6-12)7-11-8-15-10(3)14-11/h8-9,13H,4-7H2,1-3H3. The monoisotopic (exact) mass is 224 g/mol. The first kappa shape index (κ1) is 11.1. The van der Waals surface area contributed by atoms with E-state index < -0.39 is 0 Å². The van der Waals surface area contributed by atoms with E-state index in [1.807, 2.05) is 0 Å². The van der Waals surface area contributed by atoms with Crippen LogP contribution in [0, 0.1) is 12.3 Å². The molecule has 0 spiro atoms. The fraction of sp³-hybridized carbons (Fsp3) is 0.750. The number of hydrogen-bond donors (Lipinski definition) is 1. The highest BCUT2D eigenvalue weighted by atomic mass is 32.1. The van der Waals surface area contributed by atoms with Crippen LogP contribution in [-0.2, 0) is 6.42 Å². The van der Waals surface area contributed by atoms with E-state index >= 15 is 0 Å². The first-order valence-corrected chi connectivity index (χ1v) is 6.68. The second-order valence-corrected chi connectivity index (χ2v) is 5.74. The van der Waals surface area contributed by atoms with Crippen molar-refractivity contribution in [2.24, 2.45) is 5.41 Å². The Morgan fingerprint density at radius 2 is 2.33 bits per heavy atom. The molecule has 0 aliphatic heterocycles. The van der Waals surface area contributed by atoms with Gasteiger partial charge in [-0.05, 0) is 45.1 Å². The maximum Gasteiger partial charge on any atom is 0.0897 e. The lowest BCUT2D eigenvalue weighted by atomic mass is 9.92. The van der Waals surface area contributed by atoms with Gasteiger partial charge >= 0.3 is 0 Å². The van der Waals surface area contributed by atoms with E-state index in [0.29, 0.717) is 11.5 Å². The SMILES string of the molecule is CCNC(C)C1(Cc2csc(C)n2)CC1. The molecule has 1 N–H and O–H groups in total. The van der Waals surface area contributed by atoms with Gasteiger partial charge in [-0.25, -0.2) is 4.98 Å². The van der Waals surface area contributed by atoms with Gasteiger partial charge in [0.25, 0.3) is 0 Å². The van der Waals surface area contributed by atoms with Crippen molar-refractivity contribution in [2.75, 3.05) is 6.54 Å². The molecule has 1 aromatic rings. The molecule has 3 heteroatoms. The highest BCUT2D eigenvalue weighted by Crippen LogP contribution is 2.51. The van der Waals surface area contributed by atoms with Crippen LogP contribution >= 0.6 is 11.3 Å². The first-order valence-electron chi connectivity index (χ1n) is 5.81. The van der Waals surface area contributed by atoms with Crippen LogP contribution in [0.15, 0.2) is 5.38 Å². The van der Waals surface area contributed by atoms with Gasteiger partial charge in [0, 0.05) is 11.4 Å². The van der Waals surface area contributed by atoms with Gasteiger partial charge in [0.05, 0.1) is 10.7 Å². The molecule has 2 nitrogen and oxygen atoms in total. The zero-order chi connectivity index (χ0) is 10.9. The quantitative estimate of drug-likeness (QED) is 0.832. The van der Waals surface area contributed by atoms with Crippen molar-refractivity contribution in [2.45, 2.75) is 46.1 Å². The van der Waals surface area contributed by atoms with Gasteiger partial charge in [0.15, 0.2) is 0 Å². The molecule has 1 atom stereocenters. The molecule has 1 aliphatic carbocycles. The Balaban J connectivity index is 1.99. The van der Waals surface area contributed by atoms with Gasteiger partial charge in [-0.3, -0.25) is 0 Å². The summed E-state index contributed by atoms with van der Waals surface area (Å²) in [5.41, 5.74) is 1.80. The molecule has 1 aliphatic rings. The summed E-state index contributed by atoms with van der Waals surface area (Å²) in [5.74, 6) is 0. The van der Waals surface area contributed by atoms with Gasteiger partial charge in [-0.1, -0.05) is 6.92 Å². The van der Waals surface area contributed by atoms with Gasteiger partial charge < -0.3 is 5.32 Å². The molecule has 0 amide bonds. The molecule has 0 radical (unpaired) electrons. The maximum absolute atomic E-state index is 4.57. The Morgan fingerprint density at radius 1 is 1.60 bits per heavy atom. The second kappa shape index (κ2) is 4.22. The minimum Gasteiger partial charge on any atom is -0.314 e. The Hall–Kier alpha value is -0.410. The molecule has 1 aromatic heterocycles. The van der Waals surface area contributed by atoms with E-state index in [4.69, 9.17) is 0 Å². The van der Waals surface area contributed by atoms with Gasteiger partial charge in [0.2, 0.25) is 0 Å². The topological polar surface area (TPSA) is 24.9 Å². The Morgan fingerprint density at radius 3 is 2.80 bits per heavy atom. The Labute approximate surface area is 96.1 Å². The highest BCUT2D eigenvalue weighted by molar-refractivity contribution is 7.09. The largest absolute Gasteiger partial charge is 0.314 e. The minimum absolute atomic E-state index is 0.510. The third-order valence-corrected chi connectivity index (χ3v) is 4.34. The molecule has 1 saturated carbocycles. The molecule has 2 rings (SSSR count).